The first-order valence-electron chi connectivity index (χ1n) is 10.9. The summed E-state index contributed by atoms with van der Waals surface area (Å²) in [6.07, 6.45) is 4.35. The maximum atomic E-state index is 9.35. The second-order valence-corrected chi connectivity index (χ2v) is 7.60. The van der Waals surface area contributed by atoms with Gasteiger partial charge in [-0.1, -0.05) is 40.5 Å². The van der Waals surface area contributed by atoms with Gasteiger partial charge in [0.1, 0.15) is 0 Å². The predicted octanol–water partition coefficient (Wildman–Crippen LogP) is 3.10. The Morgan fingerprint density at radius 1 is 0.552 bits per heavy atom. The maximum Gasteiger partial charge on any atom is 0.0590 e. The number of aliphatic hydroxyl groups excluding tert-OH is 6. The van der Waals surface area contributed by atoms with Crippen molar-refractivity contribution in [1.82, 2.24) is 0 Å². The van der Waals surface area contributed by atoms with E-state index >= 15 is 0 Å². The summed E-state index contributed by atoms with van der Waals surface area (Å²) in [7, 11) is 0. The third-order valence-corrected chi connectivity index (χ3v) is 3.77. The van der Waals surface area contributed by atoms with Gasteiger partial charge in [-0.05, 0) is 53.4 Å². The molecule has 0 aromatic carbocycles. The SMILES string of the molecule is CC(C)O.CC(C)O.CCCC(O)C(CC)CO.CCCC(O)C(CC)CO.[Zr]. The van der Waals surface area contributed by atoms with Crippen LogP contribution in [0.1, 0.15) is 93.9 Å². The van der Waals surface area contributed by atoms with Crippen LogP contribution in [0.25, 0.3) is 0 Å². The summed E-state index contributed by atoms with van der Waals surface area (Å²) in [4.78, 5) is 0. The van der Waals surface area contributed by atoms with E-state index in [2.05, 4.69) is 0 Å². The summed E-state index contributed by atoms with van der Waals surface area (Å²) in [6, 6.07) is 0. The molecule has 0 amide bonds. The van der Waals surface area contributed by atoms with Crippen molar-refractivity contribution in [1.29, 1.82) is 0 Å². The summed E-state index contributed by atoms with van der Waals surface area (Å²) in [5, 5.41) is 52.3. The molecule has 0 radical (unpaired) electrons. The Hall–Kier alpha value is 0.643. The van der Waals surface area contributed by atoms with Gasteiger partial charge in [-0.2, -0.15) is 0 Å². The average molecular weight is 504 g/mol. The van der Waals surface area contributed by atoms with Crippen LogP contribution in [0.2, 0.25) is 0 Å². The van der Waals surface area contributed by atoms with Crippen molar-refractivity contribution in [3.05, 3.63) is 0 Å². The molecule has 0 aromatic heterocycles. The van der Waals surface area contributed by atoms with Gasteiger partial charge in [0.25, 0.3) is 0 Å². The van der Waals surface area contributed by atoms with Gasteiger partial charge >= 0.3 is 0 Å². The molecule has 0 aliphatic rings. The van der Waals surface area contributed by atoms with Gasteiger partial charge < -0.3 is 30.6 Å². The van der Waals surface area contributed by atoms with Gasteiger partial charge in [0.15, 0.2) is 0 Å². The monoisotopic (exact) mass is 502 g/mol. The molecule has 0 fully saturated rings. The summed E-state index contributed by atoms with van der Waals surface area (Å²) in [5.74, 6) is 0.167. The third kappa shape index (κ3) is 39.7. The van der Waals surface area contributed by atoms with Crippen molar-refractivity contribution in [2.75, 3.05) is 13.2 Å². The Morgan fingerprint density at radius 2 is 0.759 bits per heavy atom. The summed E-state index contributed by atoms with van der Waals surface area (Å²) >= 11 is 0. The zero-order chi connectivity index (χ0) is 23.1. The second-order valence-electron chi connectivity index (χ2n) is 7.60. The Morgan fingerprint density at radius 3 is 0.862 bits per heavy atom. The molecule has 6 nitrogen and oxygen atoms in total. The Kier molecular flexibility index (Phi) is 42.6. The Bertz CT molecular complexity index is 228. The minimum absolute atomic E-state index is 0. The zero-order valence-corrected chi connectivity index (χ0v) is 22.8. The first-order valence-corrected chi connectivity index (χ1v) is 10.9. The number of hydrogen-bond acceptors (Lipinski definition) is 6. The second kappa shape index (κ2) is 30.8. The van der Waals surface area contributed by atoms with E-state index < -0.39 is 0 Å². The molecule has 0 heterocycles. The minimum atomic E-state index is -0.306. The van der Waals surface area contributed by atoms with Crippen molar-refractivity contribution in [3.63, 3.8) is 0 Å². The predicted molar refractivity (Wildman–Crippen MR) is 118 cm³/mol. The van der Waals surface area contributed by atoms with E-state index in [0.29, 0.717) is 0 Å². The van der Waals surface area contributed by atoms with Crippen LogP contribution in [0.4, 0.5) is 0 Å². The van der Waals surface area contributed by atoms with E-state index in [1.807, 2.05) is 27.7 Å². The topological polar surface area (TPSA) is 121 Å². The van der Waals surface area contributed by atoms with Crippen LogP contribution in [0, 0.1) is 11.8 Å². The third-order valence-electron chi connectivity index (χ3n) is 3.77. The largest absolute Gasteiger partial charge is 0.396 e. The molecule has 4 unspecified atom stereocenters. The molecule has 6 N–H and O–H groups in total. The minimum Gasteiger partial charge on any atom is -0.396 e. The summed E-state index contributed by atoms with van der Waals surface area (Å²) in [6.45, 7) is 15.1. The molecule has 0 saturated carbocycles. The van der Waals surface area contributed by atoms with Crippen molar-refractivity contribution in [3.8, 4) is 0 Å². The van der Waals surface area contributed by atoms with Gasteiger partial charge in [0.2, 0.25) is 0 Å². The normalized spacial score (nSPS) is 14.1. The van der Waals surface area contributed by atoms with Crippen LogP contribution in [0.5, 0.6) is 0 Å². The van der Waals surface area contributed by atoms with Crippen molar-refractivity contribution >= 4 is 0 Å². The van der Waals surface area contributed by atoms with E-state index in [9.17, 15) is 10.2 Å². The van der Waals surface area contributed by atoms with Crippen LogP contribution in [0.15, 0.2) is 0 Å². The molecular weight excluding hydrogens is 451 g/mol. The molecule has 0 saturated heterocycles. The fraction of sp³-hybridized carbons (Fsp3) is 1.00. The molecule has 0 aromatic rings. The van der Waals surface area contributed by atoms with Crippen LogP contribution in [-0.4, -0.2) is 68.3 Å². The molecule has 0 aliphatic heterocycles. The van der Waals surface area contributed by atoms with E-state index in [1.165, 1.54) is 0 Å². The van der Waals surface area contributed by atoms with E-state index in [1.54, 1.807) is 27.7 Å². The van der Waals surface area contributed by atoms with E-state index in [-0.39, 0.29) is 75.7 Å². The van der Waals surface area contributed by atoms with Crippen molar-refractivity contribution in [2.45, 2.75) is 118 Å². The van der Waals surface area contributed by atoms with Gasteiger partial charge in [0, 0.05) is 63.5 Å². The Labute approximate surface area is 199 Å². The standard InChI is InChI=1S/2C8H18O2.2C3H8O.Zr/c2*1-3-5-8(10)7(4-2)6-9;2*1-3(2)4;/h2*7-10H,3-6H2,1-2H3;2*3-4H,1-2H3;. The van der Waals surface area contributed by atoms with Crippen LogP contribution >= 0.6 is 0 Å². The average Bonchev–Trinajstić information content (AvgIpc) is 2.57. The summed E-state index contributed by atoms with van der Waals surface area (Å²) in [5.41, 5.74) is 0. The number of hydrogen-bond donors (Lipinski definition) is 6. The van der Waals surface area contributed by atoms with Crippen LogP contribution < -0.4 is 0 Å². The smallest absolute Gasteiger partial charge is 0.0590 e. The molecule has 29 heavy (non-hydrogen) atoms. The zero-order valence-electron chi connectivity index (χ0n) is 20.3. The molecule has 0 rings (SSSR count). The molecular formula is C22H52O6Zr. The molecule has 180 valence electrons. The van der Waals surface area contributed by atoms with Gasteiger partial charge in [-0.3, -0.25) is 0 Å². The molecule has 7 heteroatoms. The number of aliphatic hydroxyl groups is 6. The maximum absolute atomic E-state index is 9.35. The van der Waals surface area contributed by atoms with Crippen molar-refractivity contribution in [2.24, 2.45) is 11.8 Å². The number of rotatable bonds is 10. The van der Waals surface area contributed by atoms with E-state index in [4.69, 9.17) is 20.4 Å². The van der Waals surface area contributed by atoms with Crippen LogP contribution in [0.3, 0.4) is 0 Å². The summed E-state index contributed by atoms with van der Waals surface area (Å²) < 4.78 is 0. The fourth-order valence-corrected chi connectivity index (χ4v) is 2.11. The molecule has 0 aliphatic carbocycles. The van der Waals surface area contributed by atoms with Crippen molar-refractivity contribution < 1.29 is 56.8 Å². The molecule has 0 spiro atoms. The Balaban J connectivity index is -0.0000000950. The molecule has 0 bridgehead atoms. The van der Waals surface area contributed by atoms with Gasteiger partial charge in [0.05, 0.1) is 12.2 Å². The van der Waals surface area contributed by atoms with Gasteiger partial charge in [-0.15, -0.1) is 0 Å². The molecule has 4 atom stereocenters. The first kappa shape index (κ1) is 40.0. The van der Waals surface area contributed by atoms with Crippen LogP contribution in [-0.2, 0) is 26.2 Å². The van der Waals surface area contributed by atoms with E-state index in [0.717, 1.165) is 38.5 Å². The van der Waals surface area contributed by atoms with Gasteiger partial charge in [-0.25, -0.2) is 0 Å². The first-order chi connectivity index (χ1) is 13.0. The fourth-order valence-electron chi connectivity index (χ4n) is 2.11. The quantitative estimate of drug-likeness (QED) is 0.272.